The molecule has 0 radical (unpaired) electrons. The third-order valence-electron chi connectivity index (χ3n) is 2.02. The molecule has 1 rings (SSSR count). The van der Waals surface area contributed by atoms with Crippen LogP contribution in [0, 0.1) is 0 Å². The summed E-state index contributed by atoms with van der Waals surface area (Å²) in [7, 11) is -8.19. The molecule has 0 amide bonds. The highest BCUT2D eigenvalue weighted by Crippen LogP contribution is 2.12. The fourth-order valence-corrected chi connectivity index (χ4v) is 2.93. The van der Waals surface area contributed by atoms with Crippen LogP contribution in [0.1, 0.15) is 11.1 Å². The van der Waals surface area contributed by atoms with Gasteiger partial charge in [-0.1, -0.05) is 36.9 Å². The van der Waals surface area contributed by atoms with Gasteiger partial charge in [-0.25, -0.2) is 16.8 Å². The summed E-state index contributed by atoms with van der Waals surface area (Å²) in [4.78, 5) is 0. The van der Waals surface area contributed by atoms with Crippen molar-refractivity contribution in [2.24, 2.45) is 0 Å². The maximum absolute atomic E-state index is 11.4. The second kappa shape index (κ2) is 4.39. The highest BCUT2D eigenvalue weighted by atomic mass is 33.2. The van der Waals surface area contributed by atoms with E-state index in [1.807, 2.05) is 0 Å². The minimum absolute atomic E-state index is 0.441. The van der Waals surface area contributed by atoms with Crippen LogP contribution in [0.15, 0.2) is 30.8 Å². The van der Waals surface area contributed by atoms with Crippen molar-refractivity contribution < 1.29 is 16.8 Å². The molecule has 0 saturated heterocycles. The quantitative estimate of drug-likeness (QED) is 0.763. The Balaban J connectivity index is 3.03. The first-order valence-corrected chi connectivity index (χ1v) is 8.46. The fraction of sp³-hybridized carbons (Fsp3) is 0.200. The molecule has 0 bridgehead atoms. The third-order valence-corrected chi connectivity index (χ3v) is 6.75. The molecular weight excluding hydrogens is 248 g/mol. The average Bonchev–Trinajstić information content (AvgIpc) is 2.16. The molecular formula is C10H12O4S2. The zero-order valence-corrected chi connectivity index (χ0v) is 10.4. The standard InChI is InChI=1S/C10H12O4S2/c1-3-9-4-6-10(7-5-9)8-16(13,14)15(2,11)12/h3-7H,1,8H2,2H3. The molecule has 0 aliphatic rings. The second-order valence-corrected chi connectivity index (χ2v) is 9.50. The molecule has 0 heterocycles. The van der Waals surface area contributed by atoms with Crippen LogP contribution < -0.4 is 0 Å². The summed E-state index contributed by atoms with van der Waals surface area (Å²) in [5.41, 5.74) is 1.29. The van der Waals surface area contributed by atoms with E-state index in [-0.39, 0.29) is 0 Å². The molecule has 1 aromatic rings. The van der Waals surface area contributed by atoms with E-state index >= 15 is 0 Å². The van der Waals surface area contributed by atoms with Gasteiger partial charge in [0.1, 0.15) is 0 Å². The Morgan fingerprint density at radius 2 is 1.62 bits per heavy atom. The predicted octanol–water partition coefficient (Wildman–Crippen LogP) is 1.20. The van der Waals surface area contributed by atoms with E-state index < -0.39 is 23.5 Å². The van der Waals surface area contributed by atoms with Crippen molar-refractivity contribution in [2.75, 3.05) is 6.26 Å². The van der Waals surface area contributed by atoms with Gasteiger partial charge in [-0.15, -0.1) is 0 Å². The second-order valence-electron chi connectivity index (χ2n) is 3.35. The predicted molar refractivity (Wildman–Crippen MR) is 64.0 cm³/mol. The van der Waals surface area contributed by atoms with Crippen LogP contribution in [0.3, 0.4) is 0 Å². The van der Waals surface area contributed by atoms with Crippen LogP contribution in [0.2, 0.25) is 0 Å². The normalized spacial score (nSPS) is 12.3. The van der Waals surface area contributed by atoms with Gasteiger partial charge in [0.05, 0.1) is 12.0 Å². The smallest absolute Gasteiger partial charge is 0.213 e. The molecule has 0 fully saturated rings. The Morgan fingerprint density at radius 3 is 2.00 bits per heavy atom. The Bertz CT molecular complexity index is 580. The Morgan fingerprint density at radius 1 is 1.12 bits per heavy atom. The van der Waals surface area contributed by atoms with Crippen LogP contribution in [-0.4, -0.2) is 23.1 Å². The van der Waals surface area contributed by atoms with Crippen LogP contribution in [0.4, 0.5) is 0 Å². The number of hydrogen-bond acceptors (Lipinski definition) is 4. The lowest BCUT2D eigenvalue weighted by Gasteiger charge is -2.02. The van der Waals surface area contributed by atoms with Crippen LogP contribution in [-0.2, 0) is 23.5 Å². The highest BCUT2D eigenvalue weighted by molar-refractivity contribution is 8.66. The van der Waals surface area contributed by atoms with E-state index in [2.05, 4.69) is 6.58 Å². The van der Waals surface area contributed by atoms with Crippen LogP contribution in [0.25, 0.3) is 6.08 Å². The Hall–Kier alpha value is -1.14. The Labute approximate surface area is 94.9 Å². The summed E-state index contributed by atoms with van der Waals surface area (Å²) in [6.07, 6.45) is 2.31. The first kappa shape index (κ1) is 12.9. The van der Waals surface area contributed by atoms with Gasteiger partial charge in [0.2, 0.25) is 0 Å². The molecule has 0 saturated carbocycles. The summed E-state index contributed by atoms with van der Waals surface area (Å²) in [6.45, 7) is 3.56. The lowest BCUT2D eigenvalue weighted by Crippen LogP contribution is -2.15. The van der Waals surface area contributed by atoms with E-state index in [9.17, 15) is 16.8 Å². The SMILES string of the molecule is C=Cc1ccc(CS(=O)(=O)S(C)(=O)=O)cc1. The number of rotatable bonds is 4. The van der Waals surface area contributed by atoms with E-state index in [0.717, 1.165) is 5.56 Å². The minimum Gasteiger partial charge on any atom is -0.213 e. The molecule has 1 aromatic carbocycles. The zero-order valence-electron chi connectivity index (χ0n) is 8.75. The molecule has 0 aliphatic carbocycles. The highest BCUT2D eigenvalue weighted by Gasteiger charge is 2.24. The summed E-state index contributed by atoms with van der Waals surface area (Å²) in [5, 5.41) is 0. The van der Waals surface area contributed by atoms with Crippen molar-refractivity contribution in [1.82, 2.24) is 0 Å². The first-order chi connectivity index (χ1) is 7.26. The van der Waals surface area contributed by atoms with Crippen molar-refractivity contribution in [3.05, 3.63) is 42.0 Å². The lowest BCUT2D eigenvalue weighted by atomic mass is 10.1. The average molecular weight is 260 g/mol. The molecule has 0 unspecified atom stereocenters. The van der Waals surface area contributed by atoms with Crippen molar-refractivity contribution in [3.63, 3.8) is 0 Å². The monoisotopic (exact) mass is 260 g/mol. The summed E-state index contributed by atoms with van der Waals surface area (Å²) in [5.74, 6) is -0.497. The summed E-state index contributed by atoms with van der Waals surface area (Å²) >= 11 is 0. The maximum atomic E-state index is 11.4. The fourth-order valence-electron chi connectivity index (χ4n) is 1.06. The molecule has 0 atom stereocenters. The largest absolute Gasteiger partial charge is 0.257 e. The van der Waals surface area contributed by atoms with Crippen molar-refractivity contribution >= 4 is 23.8 Å². The van der Waals surface area contributed by atoms with Crippen molar-refractivity contribution in [3.8, 4) is 0 Å². The van der Waals surface area contributed by atoms with E-state index in [4.69, 9.17) is 0 Å². The minimum atomic E-state index is -4.12. The van der Waals surface area contributed by atoms with Crippen molar-refractivity contribution in [2.45, 2.75) is 5.75 Å². The summed E-state index contributed by atoms with van der Waals surface area (Å²) < 4.78 is 44.7. The van der Waals surface area contributed by atoms with E-state index in [0.29, 0.717) is 11.8 Å². The van der Waals surface area contributed by atoms with Gasteiger partial charge < -0.3 is 0 Å². The third kappa shape index (κ3) is 2.93. The van der Waals surface area contributed by atoms with Gasteiger partial charge in [0.25, 0.3) is 17.7 Å². The molecule has 4 nitrogen and oxygen atoms in total. The van der Waals surface area contributed by atoms with Crippen molar-refractivity contribution in [1.29, 1.82) is 0 Å². The maximum Gasteiger partial charge on any atom is 0.257 e. The van der Waals surface area contributed by atoms with Gasteiger partial charge in [-0.05, 0) is 11.1 Å². The zero-order chi connectivity index (χ0) is 12.4. The van der Waals surface area contributed by atoms with Crippen LogP contribution in [0.5, 0.6) is 0 Å². The van der Waals surface area contributed by atoms with Gasteiger partial charge in [-0.3, -0.25) is 0 Å². The van der Waals surface area contributed by atoms with E-state index in [1.165, 1.54) is 0 Å². The van der Waals surface area contributed by atoms with Gasteiger partial charge in [0, 0.05) is 0 Å². The molecule has 0 N–H and O–H groups in total. The molecule has 88 valence electrons. The molecule has 6 heteroatoms. The van der Waals surface area contributed by atoms with E-state index in [1.54, 1.807) is 30.3 Å². The molecule has 0 spiro atoms. The number of hydrogen-bond donors (Lipinski definition) is 0. The van der Waals surface area contributed by atoms with Gasteiger partial charge in [-0.2, -0.15) is 0 Å². The molecule has 16 heavy (non-hydrogen) atoms. The molecule has 0 aromatic heterocycles. The number of benzene rings is 1. The summed E-state index contributed by atoms with van der Waals surface area (Å²) in [6, 6.07) is 6.50. The van der Waals surface area contributed by atoms with Gasteiger partial charge >= 0.3 is 0 Å². The first-order valence-electron chi connectivity index (χ1n) is 4.40. The lowest BCUT2D eigenvalue weighted by molar-refractivity contribution is 0.585. The topological polar surface area (TPSA) is 68.3 Å². The van der Waals surface area contributed by atoms with Crippen LogP contribution >= 0.6 is 0 Å². The molecule has 0 aliphatic heterocycles. The Kier molecular flexibility index (Phi) is 3.54. The van der Waals surface area contributed by atoms with Gasteiger partial charge in [0.15, 0.2) is 0 Å².